The predicted molar refractivity (Wildman–Crippen MR) is 102 cm³/mol. The van der Waals surface area contributed by atoms with Gasteiger partial charge in [0.05, 0.1) is 6.04 Å². The number of benzene rings is 1. The molecule has 0 bridgehead atoms. The van der Waals surface area contributed by atoms with Gasteiger partial charge < -0.3 is 19.9 Å². The van der Waals surface area contributed by atoms with Gasteiger partial charge in [0.1, 0.15) is 6.61 Å². The van der Waals surface area contributed by atoms with Gasteiger partial charge in [-0.3, -0.25) is 9.59 Å². The fourth-order valence-corrected chi connectivity index (χ4v) is 4.93. The molecule has 0 aromatic heterocycles. The Morgan fingerprint density at radius 2 is 1.89 bits per heavy atom. The van der Waals surface area contributed by atoms with Gasteiger partial charge in [-0.2, -0.15) is 0 Å². The number of morpholine rings is 1. The molecule has 2 unspecified atom stereocenters. The third-order valence-corrected chi connectivity index (χ3v) is 6.40. The lowest BCUT2D eigenvalue weighted by molar-refractivity contribution is -0.157. The smallest absolute Gasteiger partial charge is 0.254 e. The molecule has 0 radical (unpaired) electrons. The second-order valence-electron chi connectivity index (χ2n) is 8.35. The van der Waals surface area contributed by atoms with Gasteiger partial charge in [0.2, 0.25) is 5.91 Å². The molecule has 1 aromatic carbocycles. The summed E-state index contributed by atoms with van der Waals surface area (Å²) in [5.74, 6) is -0.168. The van der Waals surface area contributed by atoms with Crippen LogP contribution < -0.4 is 5.32 Å². The monoisotopic (exact) mass is 371 g/mol. The Labute approximate surface area is 160 Å². The minimum Gasteiger partial charge on any atom is -0.356 e. The number of nitrogens with zero attached hydrogens (tertiary/aromatic N) is 2. The summed E-state index contributed by atoms with van der Waals surface area (Å²) in [6.07, 6.45) is 3.98. The molecule has 0 saturated carbocycles. The van der Waals surface area contributed by atoms with Crippen molar-refractivity contribution in [3.8, 4) is 0 Å². The Hall–Kier alpha value is -1.92. The van der Waals surface area contributed by atoms with Crippen LogP contribution in [0, 0.1) is 5.41 Å². The number of piperidine rings is 2. The molecule has 6 heteroatoms. The molecule has 3 fully saturated rings. The number of amides is 2. The third kappa shape index (κ3) is 3.87. The lowest BCUT2D eigenvalue weighted by atomic mass is 9.72. The zero-order valence-electron chi connectivity index (χ0n) is 16.0. The van der Waals surface area contributed by atoms with Crippen molar-refractivity contribution < 1.29 is 14.3 Å². The molecule has 3 aliphatic rings. The van der Waals surface area contributed by atoms with E-state index in [2.05, 4.69) is 17.3 Å². The molecular formula is C21H29N3O3. The predicted octanol–water partition coefficient (Wildman–Crippen LogP) is 1.58. The summed E-state index contributed by atoms with van der Waals surface area (Å²) in [6.45, 7) is 3.82. The first kappa shape index (κ1) is 18.4. The van der Waals surface area contributed by atoms with Crippen LogP contribution in [0.2, 0.25) is 0 Å². The van der Waals surface area contributed by atoms with Gasteiger partial charge in [0.25, 0.3) is 5.91 Å². The largest absolute Gasteiger partial charge is 0.356 e. The minimum absolute atomic E-state index is 0.00265. The van der Waals surface area contributed by atoms with Crippen molar-refractivity contribution >= 4 is 11.8 Å². The Morgan fingerprint density at radius 3 is 2.59 bits per heavy atom. The van der Waals surface area contributed by atoms with E-state index in [9.17, 15) is 9.59 Å². The van der Waals surface area contributed by atoms with Crippen LogP contribution in [0.3, 0.4) is 0 Å². The Morgan fingerprint density at radius 1 is 1.15 bits per heavy atom. The third-order valence-electron chi connectivity index (χ3n) is 6.40. The van der Waals surface area contributed by atoms with E-state index in [0.717, 1.165) is 38.0 Å². The van der Waals surface area contributed by atoms with E-state index in [1.807, 2.05) is 35.2 Å². The molecule has 2 atom stereocenters. The summed E-state index contributed by atoms with van der Waals surface area (Å²) < 4.78 is 5.71. The first-order valence-corrected chi connectivity index (χ1v) is 10.00. The molecule has 27 heavy (non-hydrogen) atoms. The molecule has 2 amide bonds. The van der Waals surface area contributed by atoms with Gasteiger partial charge >= 0.3 is 0 Å². The Kier molecular flexibility index (Phi) is 5.19. The van der Waals surface area contributed by atoms with Gasteiger partial charge in [-0.05, 0) is 50.3 Å². The summed E-state index contributed by atoms with van der Waals surface area (Å²) in [4.78, 5) is 29.4. The van der Waals surface area contributed by atoms with Gasteiger partial charge in [-0.15, -0.1) is 0 Å². The number of hydrogen-bond acceptors (Lipinski definition) is 4. The van der Waals surface area contributed by atoms with Crippen molar-refractivity contribution in [1.29, 1.82) is 0 Å². The normalized spacial score (nSPS) is 28.8. The summed E-state index contributed by atoms with van der Waals surface area (Å²) >= 11 is 0. The van der Waals surface area contributed by atoms with Crippen LogP contribution in [0.4, 0.5) is 0 Å². The topological polar surface area (TPSA) is 61.9 Å². The van der Waals surface area contributed by atoms with Crippen molar-refractivity contribution in [2.24, 2.45) is 5.41 Å². The molecule has 3 heterocycles. The van der Waals surface area contributed by atoms with E-state index in [-0.39, 0.29) is 18.4 Å². The zero-order valence-corrected chi connectivity index (χ0v) is 16.0. The van der Waals surface area contributed by atoms with Crippen molar-refractivity contribution in [3.63, 3.8) is 0 Å². The fourth-order valence-electron chi connectivity index (χ4n) is 4.93. The van der Waals surface area contributed by atoms with Gasteiger partial charge in [-0.25, -0.2) is 0 Å². The maximum atomic E-state index is 13.2. The van der Waals surface area contributed by atoms with E-state index in [1.54, 1.807) is 0 Å². The maximum Gasteiger partial charge on any atom is 0.254 e. The fraction of sp³-hybridized carbons (Fsp3) is 0.619. The van der Waals surface area contributed by atoms with Crippen LogP contribution in [0.5, 0.6) is 0 Å². The van der Waals surface area contributed by atoms with Crippen LogP contribution in [0.25, 0.3) is 0 Å². The zero-order chi connectivity index (χ0) is 18.9. The van der Waals surface area contributed by atoms with Gasteiger partial charge in [0.15, 0.2) is 6.10 Å². The van der Waals surface area contributed by atoms with Crippen LogP contribution in [-0.2, 0) is 14.3 Å². The summed E-state index contributed by atoms with van der Waals surface area (Å²) in [5, 5.41) is 2.95. The molecule has 146 valence electrons. The van der Waals surface area contributed by atoms with Crippen molar-refractivity contribution in [2.45, 2.75) is 37.8 Å². The highest BCUT2D eigenvalue weighted by Gasteiger charge is 2.42. The first-order chi connectivity index (χ1) is 13.1. The summed E-state index contributed by atoms with van der Waals surface area (Å²) in [6, 6.07) is 9.21. The van der Waals surface area contributed by atoms with Crippen LogP contribution in [0.15, 0.2) is 30.3 Å². The average Bonchev–Trinajstić information content (AvgIpc) is 2.69. The lowest BCUT2D eigenvalue weighted by Gasteiger charge is -2.47. The number of carbonyl (C=O) groups excluding carboxylic acids is 2. The highest BCUT2D eigenvalue weighted by Crippen LogP contribution is 2.40. The average molecular weight is 371 g/mol. The summed E-state index contributed by atoms with van der Waals surface area (Å²) in [7, 11) is 2.20. The number of carbonyl (C=O) groups is 2. The second-order valence-corrected chi connectivity index (χ2v) is 8.35. The molecule has 1 spiro atoms. The highest BCUT2D eigenvalue weighted by atomic mass is 16.5. The number of likely N-dealkylation sites (tertiary alicyclic amines) is 2. The Balaban J connectivity index is 1.44. The van der Waals surface area contributed by atoms with Crippen LogP contribution in [-0.4, -0.2) is 67.6 Å². The van der Waals surface area contributed by atoms with Gasteiger partial charge in [0, 0.05) is 19.6 Å². The molecule has 4 rings (SSSR count). The molecule has 1 aromatic rings. The van der Waals surface area contributed by atoms with Crippen molar-refractivity contribution in [1.82, 2.24) is 15.1 Å². The van der Waals surface area contributed by atoms with E-state index < -0.39 is 12.1 Å². The number of rotatable bonds is 2. The SMILES string of the molecule is CN1CCCC2(CCN(C(=O)C3OCC(=O)NC3c3ccccc3)CC2)C1. The highest BCUT2D eigenvalue weighted by molar-refractivity contribution is 5.86. The molecule has 1 N–H and O–H groups in total. The molecular weight excluding hydrogens is 342 g/mol. The summed E-state index contributed by atoms with van der Waals surface area (Å²) in [5.41, 5.74) is 1.27. The van der Waals surface area contributed by atoms with Crippen molar-refractivity contribution in [2.75, 3.05) is 39.8 Å². The van der Waals surface area contributed by atoms with E-state index in [1.165, 1.54) is 19.4 Å². The van der Waals surface area contributed by atoms with Gasteiger partial charge in [-0.1, -0.05) is 30.3 Å². The first-order valence-electron chi connectivity index (χ1n) is 10.00. The number of nitrogens with one attached hydrogen (secondary N) is 1. The molecule has 3 saturated heterocycles. The number of hydrogen-bond donors (Lipinski definition) is 1. The second kappa shape index (κ2) is 7.60. The quantitative estimate of drug-likeness (QED) is 0.857. The maximum absolute atomic E-state index is 13.2. The van der Waals surface area contributed by atoms with E-state index >= 15 is 0 Å². The van der Waals surface area contributed by atoms with Crippen molar-refractivity contribution in [3.05, 3.63) is 35.9 Å². The lowest BCUT2D eigenvalue weighted by Crippen LogP contribution is -2.56. The minimum atomic E-state index is -0.645. The van der Waals surface area contributed by atoms with Crippen LogP contribution in [0.1, 0.15) is 37.3 Å². The molecule has 6 nitrogen and oxygen atoms in total. The van der Waals surface area contributed by atoms with E-state index in [0.29, 0.717) is 5.41 Å². The van der Waals surface area contributed by atoms with E-state index in [4.69, 9.17) is 4.74 Å². The standard InChI is InChI=1S/C21H29N3O3/c1-23-11-5-8-21(15-23)9-12-24(13-10-21)20(26)19-18(22-17(25)14-27-19)16-6-3-2-4-7-16/h2-4,6-7,18-19H,5,8-15H2,1H3,(H,22,25). The van der Waals surface area contributed by atoms with Crippen LogP contribution >= 0.6 is 0 Å². The molecule has 3 aliphatic heterocycles. The number of ether oxygens (including phenoxy) is 1. The Bertz CT molecular complexity index is 685. The molecule has 0 aliphatic carbocycles.